The molecule has 1 amide bonds. The average Bonchev–Trinajstić information content (AvgIpc) is 2.31. The van der Waals surface area contributed by atoms with Crippen LogP contribution in [0, 0.1) is 5.41 Å². The van der Waals surface area contributed by atoms with E-state index in [9.17, 15) is 4.79 Å². The fourth-order valence-electron chi connectivity index (χ4n) is 2.90. The molecule has 0 aromatic rings. The minimum Gasteiger partial charge on any atom is -0.375 e. The Morgan fingerprint density at radius 1 is 1.24 bits per heavy atom. The summed E-state index contributed by atoms with van der Waals surface area (Å²) < 4.78 is 4.89. The number of piperidine rings is 2. The second-order valence-electron chi connectivity index (χ2n) is 5.06. The molecule has 2 heterocycles. The lowest BCUT2D eigenvalue weighted by molar-refractivity contribution is -0.137. The lowest BCUT2D eigenvalue weighted by Gasteiger charge is -2.44. The summed E-state index contributed by atoms with van der Waals surface area (Å²) in [6.07, 6.45) is 4.90. The Morgan fingerprint density at radius 3 is 2.35 bits per heavy atom. The molecule has 5 heteroatoms. The summed E-state index contributed by atoms with van der Waals surface area (Å²) in [6, 6.07) is 0. The molecule has 17 heavy (non-hydrogen) atoms. The van der Waals surface area contributed by atoms with E-state index in [0.717, 1.165) is 26.2 Å². The average molecular weight is 263 g/mol. The van der Waals surface area contributed by atoms with Crippen LogP contribution in [0.1, 0.15) is 25.7 Å². The number of likely N-dealkylation sites (tertiary alicyclic amines) is 1. The first-order valence-corrected chi connectivity index (χ1v) is 6.23. The van der Waals surface area contributed by atoms with Crippen molar-refractivity contribution in [2.75, 3.05) is 39.9 Å². The van der Waals surface area contributed by atoms with Crippen LogP contribution in [0.15, 0.2) is 0 Å². The van der Waals surface area contributed by atoms with Gasteiger partial charge in [0, 0.05) is 20.2 Å². The third-order valence-corrected chi connectivity index (χ3v) is 4.11. The summed E-state index contributed by atoms with van der Waals surface area (Å²) in [6.45, 7) is 4.36. The number of hydrogen-bond acceptors (Lipinski definition) is 3. The molecule has 1 N–H and O–H groups in total. The molecule has 0 aromatic carbocycles. The summed E-state index contributed by atoms with van der Waals surface area (Å²) in [5.74, 6) is 0.145. The van der Waals surface area contributed by atoms with Gasteiger partial charge < -0.3 is 15.0 Å². The van der Waals surface area contributed by atoms with Gasteiger partial charge in [0.15, 0.2) is 0 Å². The van der Waals surface area contributed by atoms with Crippen LogP contribution >= 0.6 is 12.4 Å². The van der Waals surface area contributed by atoms with Crippen LogP contribution in [0.2, 0.25) is 0 Å². The molecule has 0 saturated carbocycles. The van der Waals surface area contributed by atoms with E-state index < -0.39 is 0 Å². The highest BCUT2D eigenvalue weighted by atomic mass is 35.5. The molecule has 0 radical (unpaired) electrons. The van der Waals surface area contributed by atoms with Crippen LogP contribution in [-0.4, -0.2) is 50.7 Å². The second kappa shape index (κ2) is 6.57. The summed E-state index contributed by atoms with van der Waals surface area (Å²) in [7, 11) is 1.58. The van der Waals surface area contributed by atoms with Gasteiger partial charge in [0.1, 0.15) is 6.61 Å². The van der Waals surface area contributed by atoms with Crippen molar-refractivity contribution in [2.45, 2.75) is 25.7 Å². The minimum atomic E-state index is 0. The monoisotopic (exact) mass is 262 g/mol. The van der Waals surface area contributed by atoms with Gasteiger partial charge in [-0.2, -0.15) is 0 Å². The van der Waals surface area contributed by atoms with Gasteiger partial charge >= 0.3 is 0 Å². The highest BCUT2D eigenvalue weighted by Gasteiger charge is 2.36. The van der Waals surface area contributed by atoms with Crippen molar-refractivity contribution in [3.8, 4) is 0 Å². The van der Waals surface area contributed by atoms with E-state index in [1.165, 1.54) is 25.7 Å². The third kappa shape index (κ3) is 3.57. The van der Waals surface area contributed by atoms with Crippen molar-refractivity contribution in [3.05, 3.63) is 0 Å². The Balaban J connectivity index is 0.00000144. The normalized spacial score (nSPS) is 23.2. The predicted molar refractivity (Wildman–Crippen MR) is 69.5 cm³/mol. The summed E-state index contributed by atoms with van der Waals surface area (Å²) in [5, 5.41) is 3.41. The first-order valence-electron chi connectivity index (χ1n) is 6.23. The molecular formula is C12H23ClN2O2. The van der Waals surface area contributed by atoms with Gasteiger partial charge in [0.05, 0.1) is 0 Å². The molecule has 0 aliphatic carbocycles. The van der Waals surface area contributed by atoms with E-state index in [-0.39, 0.29) is 24.9 Å². The maximum Gasteiger partial charge on any atom is 0.248 e. The number of carbonyl (C=O) groups excluding carboxylic acids is 1. The Labute approximate surface area is 109 Å². The fraction of sp³-hybridized carbons (Fsp3) is 0.917. The number of hydrogen-bond donors (Lipinski definition) is 1. The smallest absolute Gasteiger partial charge is 0.248 e. The Kier molecular flexibility index (Phi) is 5.70. The van der Waals surface area contributed by atoms with Crippen molar-refractivity contribution < 1.29 is 9.53 Å². The number of nitrogens with one attached hydrogen (secondary N) is 1. The van der Waals surface area contributed by atoms with Gasteiger partial charge in [0.2, 0.25) is 5.91 Å². The summed E-state index contributed by atoms with van der Waals surface area (Å²) >= 11 is 0. The molecule has 100 valence electrons. The largest absolute Gasteiger partial charge is 0.375 e. The van der Waals surface area contributed by atoms with Crippen LogP contribution < -0.4 is 5.32 Å². The number of nitrogens with zero attached hydrogens (tertiary/aromatic N) is 1. The van der Waals surface area contributed by atoms with Gasteiger partial charge in [-0.1, -0.05) is 0 Å². The maximum atomic E-state index is 11.7. The number of halogens is 1. The van der Waals surface area contributed by atoms with Crippen molar-refractivity contribution in [1.82, 2.24) is 10.2 Å². The van der Waals surface area contributed by atoms with Gasteiger partial charge in [-0.25, -0.2) is 0 Å². The number of ether oxygens (including phenoxy) is 1. The van der Waals surface area contributed by atoms with Crippen LogP contribution in [0.3, 0.4) is 0 Å². The SMILES string of the molecule is COCC(=O)N1CCC2(CCNCC2)CC1.Cl. The van der Waals surface area contributed by atoms with Gasteiger partial charge in [0.25, 0.3) is 0 Å². The number of carbonyl (C=O) groups is 1. The predicted octanol–water partition coefficient (Wildman–Crippen LogP) is 1.05. The molecular weight excluding hydrogens is 240 g/mol. The maximum absolute atomic E-state index is 11.7. The standard InChI is InChI=1S/C12H22N2O2.ClH/c1-16-10-11(15)14-8-4-12(5-9-14)2-6-13-7-3-12;/h13H,2-10H2,1H3;1H. The lowest BCUT2D eigenvalue weighted by Crippen LogP contribution is -2.48. The van der Waals surface area contributed by atoms with Crippen LogP contribution in [0.25, 0.3) is 0 Å². The number of methoxy groups -OCH3 is 1. The highest BCUT2D eigenvalue weighted by molar-refractivity contribution is 5.85. The molecule has 0 atom stereocenters. The topological polar surface area (TPSA) is 41.6 Å². The zero-order valence-electron chi connectivity index (χ0n) is 10.5. The van der Waals surface area contributed by atoms with E-state index in [2.05, 4.69) is 5.32 Å². The molecule has 2 fully saturated rings. The quantitative estimate of drug-likeness (QED) is 0.809. The third-order valence-electron chi connectivity index (χ3n) is 4.11. The first-order chi connectivity index (χ1) is 7.76. The van der Waals surface area contributed by atoms with Crippen molar-refractivity contribution in [2.24, 2.45) is 5.41 Å². The fourth-order valence-corrected chi connectivity index (χ4v) is 2.90. The van der Waals surface area contributed by atoms with Gasteiger partial charge in [-0.15, -0.1) is 12.4 Å². The Hall–Kier alpha value is -0.320. The molecule has 2 aliphatic rings. The molecule has 0 aromatic heterocycles. The van der Waals surface area contributed by atoms with Crippen LogP contribution in [-0.2, 0) is 9.53 Å². The zero-order valence-corrected chi connectivity index (χ0v) is 11.4. The van der Waals surface area contributed by atoms with Crippen molar-refractivity contribution >= 4 is 18.3 Å². The number of amides is 1. The number of rotatable bonds is 2. The molecule has 1 spiro atoms. The van der Waals surface area contributed by atoms with E-state index in [0.29, 0.717) is 5.41 Å². The van der Waals surface area contributed by atoms with Crippen molar-refractivity contribution in [1.29, 1.82) is 0 Å². The summed E-state index contributed by atoms with van der Waals surface area (Å²) in [5.41, 5.74) is 0.523. The first kappa shape index (κ1) is 14.7. The molecule has 2 saturated heterocycles. The Morgan fingerprint density at radius 2 is 1.82 bits per heavy atom. The molecule has 2 rings (SSSR count). The van der Waals surface area contributed by atoms with Crippen LogP contribution in [0.4, 0.5) is 0 Å². The van der Waals surface area contributed by atoms with Crippen LogP contribution in [0.5, 0.6) is 0 Å². The van der Waals surface area contributed by atoms with Gasteiger partial charge in [-0.05, 0) is 44.2 Å². The molecule has 0 bridgehead atoms. The zero-order chi connectivity index (χ0) is 11.4. The van der Waals surface area contributed by atoms with Gasteiger partial charge in [-0.3, -0.25) is 4.79 Å². The van der Waals surface area contributed by atoms with E-state index in [4.69, 9.17) is 4.74 Å². The Bertz CT molecular complexity index is 245. The molecule has 0 unspecified atom stereocenters. The minimum absolute atomic E-state index is 0. The van der Waals surface area contributed by atoms with E-state index in [1.807, 2.05) is 4.90 Å². The van der Waals surface area contributed by atoms with Crippen molar-refractivity contribution in [3.63, 3.8) is 0 Å². The molecule has 4 nitrogen and oxygen atoms in total. The highest BCUT2D eigenvalue weighted by Crippen LogP contribution is 2.39. The molecule has 2 aliphatic heterocycles. The summed E-state index contributed by atoms with van der Waals surface area (Å²) in [4.78, 5) is 13.6. The van der Waals surface area contributed by atoms with E-state index in [1.54, 1.807) is 7.11 Å². The van der Waals surface area contributed by atoms with E-state index >= 15 is 0 Å². The second-order valence-corrected chi connectivity index (χ2v) is 5.06. The lowest BCUT2D eigenvalue weighted by atomic mass is 9.71.